The van der Waals surface area contributed by atoms with E-state index in [0.29, 0.717) is 5.13 Å². The van der Waals surface area contributed by atoms with Crippen LogP contribution < -0.4 is 10.6 Å². The van der Waals surface area contributed by atoms with Crippen LogP contribution in [0.1, 0.15) is 12.8 Å². The summed E-state index contributed by atoms with van der Waals surface area (Å²) in [4.78, 5) is 27.1. The van der Waals surface area contributed by atoms with Crippen LogP contribution in [0.3, 0.4) is 0 Å². The van der Waals surface area contributed by atoms with E-state index in [1.54, 1.807) is 11.6 Å². The molecular weight excluding hydrogens is 317 g/mol. The lowest BCUT2D eigenvalue weighted by Crippen LogP contribution is -2.17. The SMILES string of the molecule is O=C(CCC(=O)Nc1ccc(Cl)cc1F)Nc1nccs1. The molecule has 2 N–H and O–H groups in total. The van der Waals surface area contributed by atoms with E-state index in [4.69, 9.17) is 11.6 Å². The minimum absolute atomic E-state index is 0.0133. The number of nitrogens with one attached hydrogen (secondary N) is 2. The molecule has 0 saturated heterocycles. The molecular formula is C13H11ClFN3O2S. The number of halogens is 2. The second kappa shape index (κ2) is 7.14. The Morgan fingerprint density at radius 1 is 1.24 bits per heavy atom. The van der Waals surface area contributed by atoms with Gasteiger partial charge in [0.1, 0.15) is 5.82 Å². The fourth-order valence-electron chi connectivity index (χ4n) is 1.50. The summed E-state index contributed by atoms with van der Waals surface area (Å²) >= 11 is 6.90. The molecule has 0 fully saturated rings. The number of anilines is 2. The molecule has 0 aliphatic rings. The van der Waals surface area contributed by atoms with Crippen LogP contribution >= 0.6 is 22.9 Å². The van der Waals surface area contributed by atoms with Crippen LogP contribution in [0.15, 0.2) is 29.8 Å². The van der Waals surface area contributed by atoms with Gasteiger partial charge in [-0.1, -0.05) is 11.6 Å². The van der Waals surface area contributed by atoms with Gasteiger partial charge in [0.05, 0.1) is 5.69 Å². The molecule has 1 aromatic heterocycles. The molecule has 110 valence electrons. The van der Waals surface area contributed by atoms with E-state index in [0.717, 1.165) is 6.07 Å². The van der Waals surface area contributed by atoms with Crippen LogP contribution in [-0.2, 0) is 9.59 Å². The van der Waals surface area contributed by atoms with Gasteiger partial charge in [0.15, 0.2) is 5.13 Å². The van der Waals surface area contributed by atoms with Crippen molar-refractivity contribution in [2.24, 2.45) is 0 Å². The predicted octanol–water partition coefficient (Wildman–Crippen LogP) is 3.29. The molecule has 2 amide bonds. The molecule has 0 radical (unpaired) electrons. The first-order valence-corrected chi connectivity index (χ1v) is 7.24. The van der Waals surface area contributed by atoms with Crippen molar-refractivity contribution in [3.8, 4) is 0 Å². The zero-order chi connectivity index (χ0) is 15.2. The van der Waals surface area contributed by atoms with E-state index in [1.807, 2.05) is 0 Å². The van der Waals surface area contributed by atoms with Gasteiger partial charge in [-0.15, -0.1) is 11.3 Å². The maximum atomic E-state index is 13.5. The number of thiazole rings is 1. The standard InChI is InChI=1S/C13H11ClFN3O2S/c14-8-1-2-10(9(15)7-8)17-11(19)3-4-12(20)18-13-16-5-6-21-13/h1-2,5-7H,3-4H2,(H,17,19)(H,16,18,20). The molecule has 0 spiro atoms. The summed E-state index contributed by atoms with van der Waals surface area (Å²) in [6, 6.07) is 3.94. The molecule has 0 unspecified atom stereocenters. The first-order chi connectivity index (χ1) is 10.0. The van der Waals surface area contributed by atoms with Gasteiger partial charge in [-0.05, 0) is 18.2 Å². The minimum Gasteiger partial charge on any atom is -0.324 e. The smallest absolute Gasteiger partial charge is 0.226 e. The van der Waals surface area contributed by atoms with Crippen LogP contribution in [0.4, 0.5) is 15.2 Å². The lowest BCUT2D eigenvalue weighted by atomic mass is 10.2. The molecule has 0 saturated carbocycles. The van der Waals surface area contributed by atoms with Crippen LogP contribution in [0.5, 0.6) is 0 Å². The van der Waals surface area contributed by atoms with Gasteiger partial charge >= 0.3 is 0 Å². The van der Waals surface area contributed by atoms with E-state index in [9.17, 15) is 14.0 Å². The molecule has 0 bridgehead atoms. The maximum absolute atomic E-state index is 13.5. The Morgan fingerprint density at radius 3 is 2.57 bits per heavy atom. The van der Waals surface area contributed by atoms with Gasteiger partial charge < -0.3 is 10.6 Å². The number of carbonyl (C=O) groups is 2. The minimum atomic E-state index is -0.622. The maximum Gasteiger partial charge on any atom is 0.226 e. The molecule has 8 heteroatoms. The number of benzene rings is 1. The number of hydrogen-bond acceptors (Lipinski definition) is 4. The summed E-state index contributed by atoms with van der Waals surface area (Å²) in [6.07, 6.45) is 1.50. The Morgan fingerprint density at radius 2 is 1.95 bits per heavy atom. The summed E-state index contributed by atoms with van der Waals surface area (Å²) in [5.74, 6) is -1.40. The van der Waals surface area contributed by atoms with Gasteiger partial charge in [0.2, 0.25) is 11.8 Å². The van der Waals surface area contributed by atoms with Gasteiger partial charge in [0.25, 0.3) is 0 Å². The van der Waals surface area contributed by atoms with Crippen LogP contribution in [0.25, 0.3) is 0 Å². The third-order valence-corrected chi connectivity index (χ3v) is 3.39. The molecule has 0 aliphatic heterocycles. The topological polar surface area (TPSA) is 71.1 Å². The third-order valence-electron chi connectivity index (χ3n) is 2.46. The zero-order valence-corrected chi connectivity index (χ0v) is 12.3. The lowest BCUT2D eigenvalue weighted by molar-refractivity contribution is -0.121. The van der Waals surface area contributed by atoms with Crippen LogP contribution in [0.2, 0.25) is 5.02 Å². The average Bonchev–Trinajstić information content (AvgIpc) is 2.92. The van der Waals surface area contributed by atoms with Crippen molar-refractivity contribution in [3.05, 3.63) is 40.6 Å². The Balaban J connectivity index is 1.80. The van der Waals surface area contributed by atoms with Gasteiger partial charge in [-0.2, -0.15) is 0 Å². The van der Waals surface area contributed by atoms with E-state index >= 15 is 0 Å². The summed E-state index contributed by atoms with van der Waals surface area (Å²) in [6.45, 7) is 0. The monoisotopic (exact) mass is 327 g/mol. The fourth-order valence-corrected chi connectivity index (χ4v) is 2.20. The number of amides is 2. The summed E-state index contributed by atoms with van der Waals surface area (Å²) in [7, 11) is 0. The Labute approximate surface area is 129 Å². The number of rotatable bonds is 5. The molecule has 0 atom stereocenters. The molecule has 1 heterocycles. The Kier molecular flexibility index (Phi) is 5.24. The number of carbonyl (C=O) groups excluding carboxylic acids is 2. The van der Waals surface area contributed by atoms with Crippen molar-refractivity contribution >= 4 is 45.6 Å². The average molecular weight is 328 g/mol. The van der Waals surface area contributed by atoms with Gasteiger partial charge in [0, 0.05) is 29.4 Å². The van der Waals surface area contributed by atoms with Crippen molar-refractivity contribution in [3.63, 3.8) is 0 Å². The highest BCUT2D eigenvalue weighted by molar-refractivity contribution is 7.13. The third kappa shape index (κ3) is 4.80. The molecule has 0 aliphatic carbocycles. The van der Waals surface area contributed by atoms with Crippen molar-refractivity contribution < 1.29 is 14.0 Å². The van der Waals surface area contributed by atoms with E-state index in [1.165, 1.54) is 23.5 Å². The van der Waals surface area contributed by atoms with E-state index in [2.05, 4.69) is 15.6 Å². The van der Waals surface area contributed by atoms with Crippen LogP contribution in [-0.4, -0.2) is 16.8 Å². The highest BCUT2D eigenvalue weighted by atomic mass is 35.5. The van der Waals surface area contributed by atoms with Crippen LogP contribution in [0, 0.1) is 5.82 Å². The fraction of sp³-hybridized carbons (Fsp3) is 0.154. The molecule has 2 rings (SSSR count). The van der Waals surface area contributed by atoms with Crippen molar-refractivity contribution in [1.82, 2.24) is 4.98 Å². The number of nitrogens with zero attached hydrogens (tertiary/aromatic N) is 1. The molecule has 21 heavy (non-hydrogen) atoms. The lowest BCUT2D eigenvalue weighted by Gasteiger charge is -2.06. The quantitative estimate of drug-likeness (QED) is 0.885. The summed E-state index contributed by atoms with van der Waals surface area (Å²) in [5, 5.41) is 7.39. The zero-order valence-electron chi connectivity index (χ0n) is 10.7. The second-order valence-electron chi connectivity index (χ2n) is 4.06. The Hall–Kier alpha value is -1.99. The summed E-state index contributed by atoms with van der Waals surface area (Å²) in [5.41, 5.74) is 0.0322. The van der Waals surface area contributed by atoms with Crippen molar-refractivity contribution in [1.29, 1.82) is 0 Å². The highest BCUT2D eigenvalue weighted by Gasteiger charge is 2.10. The predicted molar refractivity (Wildman–Crippen MR) is 80.0 cm³/mol. The summed E-state index contributed by atoms with van der Waals surface area (Å²) < 4.78 is 13.5. The molecule has 1 aromatic carbocycles. The first kappa shape index (κ1) is 15.4. The molecule has 2 aromatic rings. The highest BCUT2D eigenvalue weighted by Crippen LogP contribution is 2.19. The number of hydrogen-bond donors (Lipinski definition) is 2. The number of aromatic nitrogens is 1. The first-order valence-electron chi connectivity index (χ1n) is 5.99. The molecule has 5 nitrogen and oxygen atoms in total. The van der Waals surface area contributed by atoms with E-state index < -0.39 is 11.7 Å². The van der Waals surface area contributed by atoms with Crippen molar-refractivity contribution in [2.75, 3.05) is 10.6 Å². The van der Waals surface area contributed by atoms with Gasteiger partial charge in [-0.3, -0.25) is 9.59 Å². The largest absolute Gasteiger partial charge is 0.324 e. The second-order valence-corrected chi connectivity index (χ2v) is 5.39. The normalized spacial score (nSPS) is 10.2. The van der Waals surface area contributed by atoms with Crippen molar-refractivity contribution in [2.45, 2.75) is 12.8 Å². The van der Waals surface area contributed by atoms with Gasteiger partial charge in [-0.25, -0.2) is 9.37 Å². The van der Waals surface area contributed by atoms with E-state index in [-0.39, 0.29) is 29.5 Å². The Bertz CT molecular complexity index is 649.